The van der Waals surface area contributed by atoms with Crippen molar-refractivity contribution in [2.75, 3.05) is 31.1 Å². The summed E-state index contributed by atoms with van der Waals surface area (Å²) in [7, 11) is 0. The molecule has 1 fully saturated rings. The van der Waals surface area contributed by atoms with Crippen LogP contribution >= 0.6 is 0 Å². The summed E-state index contributed by atoms with van der Waals surface area (Å²) in [6, 6.07) is 12.0. The smallest absolute Gasteiger partial charge is 0.251 e. The van der Waals surface area contributed by atoms with Crippen LogP contribution in [0, 0.1) is 18.6 Å². The zero-order valence-electron chi connectivity index (χ0n) is 16.0. The van der Waals surface area contributed by atoms with Gasteiger partial charge in [-0.15, -0.1) is 0 Å². The Morgan fingerprint density at radius 2 is 1.75 bits per heavy atom. The molecule has 1 saturated heterocycles. The third kappa shape index (κ3) is 3.52. The van der Waals surface area contributed by atoms with Gasteiger partial charge in [0.15, 0.2) is 0 Å². The Kier molecular flexibility index (Phi) is 4.89. The molecule has 0 aliphatic carbocycles. The van der Waals surface area contributed by atoms with Crippen molar-refractivity contribution in [3.63, 3.8) is 0 Å². The van der Waals surface area contributed by atoms with E-state index in [1.165, 1.54) is 12.1 Å². The van der Waals surface area contributed by atoms with E-state index < -0.39 is 11.6 Å². The highest BCUT2D eigenvalue weighted by Gasteiger charge is 2.24. The van der Waals surface area contributed by atoms with Crippen LogP contribution in [0.5, 0.6) is 0 Å². The monoisotopic (exact) mass is 383 g/mol. The Morgan fingerprint density at radius 1 is 1.00 bits per heavy atom. The highest BCUT2D eigenvalue weighted by Crippen LogP contribution is 2.27. The molecule has 0 saturated carbocycles. The predicted molar refractivity (Wildman–Crippen MR) is 108 cm³/mol. The van der Waals surface area contributed by atoms with E-state index in [0.717, 1.165) is 35.6 Å². The second kappa shape index (κ2) is 7.36. The molecule has 28 heavy (non-hydrogen) atoms. The number of hydrogen-bond donors (Lipinski definition) is 1. The molecule has 2 aromatic carbocycles. The van der Waals surface area contributed by atoms with Crippen LogP contribution in [0.4, 0.5) is 14.5 Å². The van der Waals surface area contributed by atoms with Crippen LogP contribution in [0.3, 0.4) is 0 Å². The number of aromatic nitrogens is 1. The van der Waals surface area contributed by atoms with Crippen molar-refractivity contribution >= 4 is 16.6 Å². The third-order valence-electron chi connectivity index (χ3n) is 5.65. The largest absolute Gasteiger partial charge is 0.367 e. The molecule has 1 aromatic heterocycles. The van der Waals surface area contributed by atoms with Crippen LogP contribution in [0.15, 0.2) is 47.3 Å². The Bertz CT molecular complexity index is 1070. The van der Waals surface area contributed by atoms with Gasteiger partial charge in [0.2, 0.25) is 0 Å². The molecule has 1 unspecified atom stereocenters. The number of benzene rings is 2. The maximum absolute atomic E-state index is 14.0. The minimum Gasteiger partial charge on any atom is -0.367 e. The summed E-state index contributed by atoms with van der Waals surface area (Å²) in [6.45, 7) is 6.85. The number of piperazine rings is 1. The van der Waals surface area contributed by atoms with Gasteiger partial charge < -0.3 is 9.88 Å². The summed E-state index contributed by atoms with van der Waals surface area (Å²) >= 11 is 0. The maximum atomic E-state index is 14.0. The van der Waals surface area contributed by atoms with Gasteiger partial charge in [-0.05, 0) is 49.1 Å². The summed E-state index contributed by atoms with van der Waals surface area (Å²) in [4.78, 5) is 19.1. The van der Waals surface area contributed by atoms with Crippen LogP contribution in [0.25, 0.3) is 10.9 Å². The highest BCUT2D eigenvalue weighted by atomic mass is 19.1. The van der Waals surface area contributed by atoms with E-state index in [2.05, 4.69) is 22.9 Å². The Morgan fingerprint density at radius 3 is 2.46 bits per heavy atom. The molecular formula is C22H23F2N3O. The number of rotatable bonds is 3. The fourth-order valence-electron chi connectivity index (χ4n) is 3.89. The molecule has 4 rings (SSSR count). The summed E-state index contributed by atoms with van der Waals surface area (Å²) in [6.07, 6.45) is 0. The standard InChI is InChI=1S/C22H23F2N3O/c1-14-11-17-4-3-16(12-20(17)25-22(14)28)15(2)26-7-9-27(10-8-26)21-6-5-18(23)13-19(21)24/h3-6,11-13,15H,7-10H2,1-2H3,(H,25,28). The van der Waals surface area contributed by atoms with Crippen LogP contribution in [-0.2, 0) is 0 Å². The van der Waals surface area contributed by atoms with Crippen LogP contribution in [0.2, 0.25) is 0 Å². The second-order valence-corrected chi connectivity index (χ2v) is 7.42. The summed E-state index contributed by atoms with van der Waals surface area (Å²) in [5.41, 5.74) is 3.07. The van der Waals surface area contributed by atoms with Crippen LogP contribution < -0.4 is 10.5 Å². The van der Waals surface area contributed by atoms with Gasteiger partial charge in [-0.1, -0.05) is 12.1 Å². The zero-order valence-corrected chi connectivity index (χ0v) is 16.0. The van der Waals surface area contributed by atoms with Gasteiger partial charge in [0, 0.05) is 49.4 Å². The molecule has 4 nitrogen and oxygen atoms in total. The van der Waals surface area contributed by atoms with E-state index in [0.29, 0.717) is 24.3 Å². The molecule has 1 N–H and O–H groups in total. The molecule has 0 spiro atoms. The highest BCUT2D eigenvalue weighted by molar-refractivity contribution is 5.79. The molecule has 146 valence electrons. The minimum absolute atomic E-state index is 0.0627. The molecule has 1 aliphatic heterocycles. The van der Waals surface area contributed by atoms with Crippen molar-refractivity contribution in [3.05, 3.63) is 75.6 Å². The second-order valence-electron chi connectivity index (χ2n) is 7.42. The van der Waals surface area contributed by atoms with Gasteiger partial charge in [-0.25, -0.2) is 8.78 Å². The lowest BCUT2D eigenvalue weighted by Crippen LogP contribution is -2.47. The minimum atomic E-state index is -0.557. The molecule has 0 bridgehead atoms. The molecule has 3 aromatic rings. The van der Waals surface area contributed by atoms with Gasteiger partial charge in [-0.3, -0.25) is 9.69 Å². The zero-order chi connectivity index (χ0) is 19.8. The van der Waals surface area contributed by atoms with E-state index in [-0.39, 0.29) is 11.6 Å². The summed E-state index contributed by atoms with van der Waals surface area (Å²) in [5.74, 6) is -1.08. The Hall–Kier alpha value is -2.73. The number of nitrogens with zero attached hydrogens (tertiary/aromatic N) is 2. The first-order valence-corrected chi connectivity index (χ1v) is 9.50. The van der Waals surface area contributed by atoms with Gasteiger partial charge >= 0.3 is 0 Å². The number of anilines is 1. The molecule has 6 heteroatoms. The van der Waals surface area contributed by atoms with Gasteiger partial charge in [0.1, 0.15) is 11.6 Å². The Labute approximate surface area is 162 Å². The molecular weight excluding hydrogens is 360 g/mol. The topological polar surface area (TPSA) is 39.3 Å². The number of aryl methyl sites for hydroxylation is 1. The normalized spacial score (nSPS) is 16.5. The third-order valence-corrected chi connectivity index (χ3v) is 5.65. The molecule has 1 aliphatic rings. The van der Waals surface area contributed by atoms with Crippen molar-refractivity contribution in [3.8, 4) is 0 Å². The maximum Gasteiger partial charge on any atom is 0.251 e. The SMILES string of the molecule is Cc1cc2ccc(C(C)N3CCN(c4ccc(F)cc4F)CC3)cc2[nH]c1=O. The first-order valence-electron chi connectivity index (χ1n) is 9.50. The summed E-state index contributed by atoms with van der Waals surface area (Å²) < 4.78 is 27.2. The first kappa shape index (κ1) is 18.6. The van der Waals surface area contributed by atoms with Gasteiger partial charge in [-0.2, -0.15) is 0 Å². The van der Waals surface area contributed by atoms with Crippen molar-refractivity contribution in [2.24, 2.45) is 0 Å². The van der Waals surface area contributed by atoms with Gasteiger partial charge in [0.25, 0.3) is 5.56 Å². The lowest BCUT2D eigenvalue weighted by Gasteiger charge is -2.39. The van der Waals surface area contributed by atoms with E-state index >= 15 is 0 Å². The quantitative estimate of drug-likeness (QED) is 0.743. The number of halogens is 2. The van der Waals surface area contributed by atoms with Crippen LogP contribution in [-0.4, -0.2) is 36.1 Å². The molecule has 1 atom stereocenters. The van der Waals surface area contributed by atoms with Crippen molar-refractivity contribution in [2.45, 2.75) is 19.9 Å². The fraction of sp³-hybridized carbons (Fsp3) is 0.318. The predicted octanol–water partition coefficient (Wildman–Crippen LogP) is 4.00. The number of aromatic amines is 1. The summed E-state index contributed by atoms with van der Waals surface area (Å²) in [5, 5.41) is 1.02. The number of pyridine rings is 1. The van der Waals surface area contributed by atoms with Crippen molar-refractivity contribution in [1.29, 1.82) is 0 Å². The van der Waals surface area contributed by atoms with Gasteiger partial charge in [0.05, 0.1) is 5.69 Å². The number of hydrogen-bond acceptors (Lipinski definition) is 3. The Balaban J connectivity index is 1.49. The average molecular weight is 383 g/mol. The van der Waals surface area contributed by atoms with E-state index in [1.807, 2.05) is 23.1 Å². The van der Waals surface area contributed by atoms with E-state index in [4.69, 9.17) is 0 Å². The average Bonchev–Trinajstić information content (AvgIpc) is 2.68. The number of H-pyrrole nitrogens is 1. The lowest BCUT2D eigenvalue weighted by molar-refractivity contribution is 0.198. The first-order chi connectivity index (χ1) is 13.4. The molecule has 2 heterocycles. The van der Waals surface area contributed by atoms with Crippen LogP contribution in [0.1, 0.15) is 24.1 Å². The van der Waals surface area contributed by atoms with Crippen molar-refractivity contribution < 1.29 is 8.78 Å². The molecule has 0 amide bonds. The number of nitrogens with one attached hydrogen (secondary N) is 1. The van der Waals surface area contributed by atoms with Crippen molar-refractivity contribution in [1.82, 2.24) is 9.88 Å². The molecule has 0 radical (unpaired) electrons. The van der Waals surface area contributed by atoms with E-state index in [9.17, 15) is 13.6 Å². The number of fused-ring (bicyclic) bond motifs is 1. The lowest BCUT2D eigenvalue weighted by atomic mass is 10.0. The fourth-order valence-corrected chi connectivity index (χ4v) is 3.89. The van der Waals surface area contributed by atoms with E-state index in [1.54, 1.807) is 6.92 Å².